The molecule has 2 aliphatic heterocycles. The van der Waals surface area contributed by atoms with E-state index in [2.05, 4.69) is 9.88 Å². The highest BCUT2D eigenvalue weighted by molar-refractivity contribution is 7.13. The van der Waals surface area contributed by atoms with Crippen molar-refractivity contribution in [2.24, 2.45) is 5.92 Å². The molecule has 2 aliphatic rings. The molecule has 0 spiro atoms. The number of carbonyl (C=O) groups is 1. The number of aliphatic hydroxyl groups is 1. The van der Waals surface area contributed by atoms with E-state index in [1.165, 1.54) is 17.8 Å². The molecule has 1 atom stereocenters. The van der Waals surface area contributed by atoms with E-state index < -0.39 is 0 Å². The van der Waals surface area contributed by atoms with Crippen LogP contribution in [-0.2, 0) is 0 Å². The highest BCUT2D eigenvalue weighted by atomic mass is 32.1. The Morgan fingerprint density at radius 2 is 2.14 bits per heavy atom. The maximum atomic E-state index is 12.4. The van der Waals surface area contributed by atoms with Crippen LogP contribution >= 0.6 is 11.3 Å². The summed E-state index contributed by atoms with van der Waals surface area (Å²) in [5.74, 6) is 0.421. The topological polar surface area (TPSA) is 82.7 Å². The lowest BCUT2D eigenvalue weighted by atomic mass is 9.94. The number of thiazole rings is 1. The molecule has 122 valence electrons. The fourth-order valence-electron chi connectivity index (χ4n) is 3.56. The molecule has 0 unspecified atom stereocenters. The minimum absolute atomic E-state index is 0.00159. The van der Waals surface area contributed by atoms with Gasteiger partial charge in [-0.2, -0.15) is 0 Å². The molecule has 0 saturated carbocycles. The van der Waals surface area contributed by atoms with Crippen LogP contribution in [0, 0.1) is 5.92 Å². The third kappa shape index (κ3) is 3.42. The highest BCUT2D eigenvalue weighted by Gasteiger charge is 2.30. The first-order valence-corrected chi connectivity index (χ1v) is 8.90. The quantitative estimate of drug-likeness (QED) is 0.868. The van der Waals surface area contributed by atoms with Crippen molar-refractivity contribution in [3.05, 3.63) is 11.1 Å². The van der Waals surface area contributed by atoms with Gasteiger partial charge in [0.25, 0.3) is 5.91 Å². The second kappa shape index (κ2) is 6.93. The van der Waals surface area contributed by atoms with E-state index in [9.17, 15) is 9.90 Å². The van der Waals surface area contributed by atoms with Crippen LogP contribution in [-0.4, -0.2) is 64.6 Å². The lowest BCUT2D eigenvalue weighted by Gasteiger charge is -2.42. The predicted octanol–water partition coefficient (Wildman–Crippen LogP) is 1.03. The first kappa shape index (κ1) is 15.7. The molecule has 0 radical (unpaired) electrons. The number of carbonyl (C=O) groups excluding carboxylic acids is 1. The lowest BCUT2D eigenvalue weighted by molar-refractivity contribution is 0.0452. The van der Waals surface area contributed by atoms with Crippen molar-refractivity contribution in [3.8, 4) is 0 Å². The van der Waals surface area contributed by atoms with Gasteiger partial charge in [0.05, 0.1) is 0 Å². The van der Waals surface area contributed by atoms with Crippen LogP contribution in [0.2, 0.25) is 0 Å². The number of piperidine rings is 2. The average molecular weight is 324 g/mol. The largest absolute Gasteiger partial charge is 0.396 e. The third-order valence-electron chi connectivity index (χ3n) is 4.82. The van der Waals surface area contributed by atoms with Crippen molar-refractivity contribution in [1.82, 2.24) is 14.8 Å². The SMILES string of the molecule is Nc1nc(C(=O)N2CCC(N3CCC[C@@H](CO)C3)CC2)cs1. The standard InChI is InChI=1S/C15H24N4O2S/c16-15-17-13(10-22-15)14(21)18-6-3-12(4-7-18)19-5-1-2-11(8-19)9-20/h10-12,20H,1-9H2,(H2,16,17)/t11-/m1/s1. The van der Waals surface area contributed by atoms with Crippen molar-refractivity contribution in [2.45, 2.75) is 31.7 Å². The number of nitrogens with two attached hydrogens (primary N) is 1. The van der Waals surface area contributed by atoms with Crippen LogP contribution in [0.3, 0.4) is 0 Å². The smallest absolute Gasteiger partial charge is 0.273 e. The number of likely N-dealkylation sites (tertiary alicyclic amines) is 2. The van der Waals surface area contributed by atoms with Gasteiger partial charge in [0.15, 0.2) is 5.13 Å². The predicted molar refractivity (Wildman–Crippen MR) is 86.8 cm³/mol. The van der Waals surface area contributed by atoms with Crippen molar-refractivity contribution in [1.29, 1.82) is 0 Å². The molecule has 3 N–H and O–H groups in total. The molecule has 2 fully saturated rings. The van der Waals surface area contributed by atoms with E-state index in [0.29, 0.717) is 29.4 Å². The van der Waals surface area contributed by atoms with E-state index >= 15 is 0 Å². The zero-order valence-electron chi connectivity index (χ0n) is 12.8. The number of aliphatic hydroxyl groups excluding tert-OH is 1. The summed E-state index contributed by atoms with van der Waals surface area (Å²) in [6.07, 6.45) is 4.31. The number of amides is 1. The zero-order chi connectivity index (χ0) is 15.5. The molecule has 1 amide bonds. The fourth-order valence-corrected chi connectivity index (χ4v) is 4.10. The number of aromatic nitrogens is 1. The molecule has 0 aliphatic carbocycles. The molecule has 0 bridgehead atoms. The first-order valence-electron chi connectivity index (χ1n) is 8.02. The van der Waals surface area contributed by atoms with E-state index in [0.717, 1.165) is 45.4 Å². The van der Waals surface area contributed by atoms with E-state index in [-0.39, 0.29) is 5.91 Å². The van der Waals surface area contributed by atoms with Crippen molar-refractivity contribution < 1.29 is 9.90 Å². The van der Waals surface area contributed by atoms with E-state index in [1.54, 1.807) is 5.38 Å². The van der Waals surface area contributed by atoms with Gasteiger partial charge in [0, 0.05) is 37.7 Å². The fraction of sp³-hybridized carbons (Fsp3) is 0.733. The Hall–Kier alpha value is -1.18. The van der Waals surface area contributed by atoms with Gasteiger partial charge in [0.2, 0.25) is 0 Å². The molecular formula is C15H24N4O2S. The molecule has 6 nitrogen and oxygen atoms in total. The molecule has 1 aromatic heterocycles. The Morgan fingerprint density at radius 1 is 1.36 bits per heavy atom. The van der Waals surface area contributed by atoms with Crippen molar-refractivity contribution >= 4 is 22.4 Å². The van der Waals surface area contributed by atoms with Gasteiger partial charge in [-0.3, -0.25) is 9.69 Å². The summed E-state index contributed by atoms with van der Waals surface area (Å²) in [5, 5.41) is 11.5. The summed E-state index contributed by atoms with van der Waals surface area (Å²) in [6, 6.07) is 0.541. The molecule has 0 aromatic carbocycles. The molecule has 1 aromatic rings. The minimum Gasteiger partial charge on any atom is -0.396 e. The van der Waals surface area contributed by atoms with Crippen LogP contribution < -0.4 is 5.73 Å². The van der Waals surface area contributed by atoms with Crippen LogP contribution in [0.25, 0.3) is 0 Å². The van der Waals surface area contributed by atoms with Gasteiger partial charge in [-0.05, 0) is 38.1 Å². The Balaban J connectivity index is 1.53. The molecule has 2 saturated heterocycles. The minimum atomic E-state index is -0.00159. The summed E-state index contributed by atoms with van der Waals surface area (Å²) in [5.41, 5.74) is 6.07. The van der Waals surface area contributed by atoms with Crippen molar-refractivity contribution in [3.63, 3.8) is 0 Å². The van der Waals surface area contributed by atoms with Gasteiger partial charge in [0.1, 0.15) is 5.69 Å². The Morgan fingerprint density at radius 3 is 2.77 bits per heavy atom. The van der Waals surface area contributed by atoms with E-state index in [4.69, 9.17) is 5.73 Å². The summed E-state index contributed by atoms with van der Waals surface area (Å²) in [7, 11) is 0. The molecule has 3 rings (SSSR count). The number of nitrogen functional groups attached to an aromatic ring is 1. The van der Waals surface area contributed by atoms with Crippen LogP contribution in [0.4, 0.5) is 5.13 Å². The Kier molecular flexibility index (Phi) is 4.95. The summed E-state index contributed by atoms with van der Waals surface area (Å²) in [4.78, 5) is 20.8. The number of hydrogen-bond donors (Lipinski definition) is 2. The summed E-state index contributed by atoms with van der Waals surface area (Å²) in [6.45, 7) is 3.97. The number of hydrogen-bond acceptors (Lipinski definition) is 6. The lowest BCUT2D eigenvalue weighted by Crippen LogP contribution is -2.50. The van der Waals surface area contributed by atoms with Crippen LogP contribution in [0.1, 0.15) is 36.2 Å². The summed E-state index contributed by atoms with van der Waals surface area (Å²) < 4.78 is 0. The van der Waals surface area contributed by atoms with Gasteiger partial charge < -0.3 is 15.7 Å². The monoisotopic (exact) mass is 324 g/mol. The highest BCUT2D eigenvalue weighted by Crippen LogP contribution is 2.24. The first-order chi connectivity index (χ1) is 10.7. The second-order valence-electron chi connectivity index (χ2n) is 6.28. The maximum absolute atomic E-state index is 12.4. The van der Waals surface area contributed by atoms with Gasteiger partial charge in [-0.25, -0.2) is 4.98 Å². The molecule has 7 heteroatoms. The molecular weight excluding hydrogens is 300 g/mol. The third-order valence-corrected chi connectivity index (χ3v) is 5.49. The number of anilines is 1. The normalized spacial score (nSPS) is 24.6. The van der Waals surface area contributed by atoms with Gasteiger partial charge in [-0.1, -0.05) is 0 Å². The number of nitrogens with zero attached hydrogens (tertiary/aromatic N) is 3. The number of rotatable bonds is 3. The maximum Gasteiger partial charge on any atom is 0.273 e. The zero-order valence-corrected chi connectivity index (χ0v) is 13.6. The van der Waals surface area contributed by atoms with Gasteiger partial charge >= 0.3 is 0 Å². The van der Waals surface area contributed by atoms with Crippen molar-refractivity contribution in [2.75, 3.05) is 38.5 Å². The molecule has 22 heavy (non-hydrogen) atoms. The van der Waals surface area contributed by atoms with Gasteiger partial charge in [-0.15, -0.1) is 11.3 Å². The Bertz CT molecular complexity index is 513. The van der Waals surface area contributed by atoms with Crippen LogP contribution in [0.5, 0.6) is 0 Å². The van der Waals surface area contributed by atoms with Crippen LogP contribution in [0.15, 0.2) is 5.38 Å². The molecule has 3 heterocycles. The summed E-state index contributed by atoms with van der Waals surface area (Å²) >= 11 is 1.31. The van der Waals surface area contributed by atoms with E-state index in [1.807, 2.05) is 4.90 Å². The second-order valence-corrected chi connectivity index (χ2v) is 7.17. The Labute approximate surface area is 134 Å². The average Bonchev–Trinajstić information content (AvgIpc) is 3.01.